The summed E-state index contributed by atoms with van der Waals surface area (Å²) in [5.41, 5.74) is 1.26. The first-order valence-corrected chi connectivity index (χ1v) is 9.94. The zero-order chi connectivity index (χ0) is 19.7. The zero-order valence-corrected chi connectivity index (χ0v) is 15.8. The van der Waals surface area contributed by atoms with Crippen LogP contribution in [0.25, 0.3) is 0 Å². The van der Waals surface area contributed by atoms with Gasteiger partial charge in [0.1, 0.15) is 0 Å². The molecule has 0 radical (unpaired) electrons. The van der Waals surface area contributed by atoms with E-state index in [9.17, 15) is 18.0 Å². The number of carbonyl (C=O) groups is 2. The maximum Gasteiger partial charge on any atom is 0.251 e. The van der Waals surface area contributed by atoms with E-state index in [0.29, 0.717) is 12.1 Å². The van der Waals surface area contributed by atoms with Gasteiger partial charge in [0.15, 0.2) is 0 Å². The van der Waals surface area contributed by atoms with Gasteiger partial charge in [-0.05, 0) is 42.0 Å². The number of carbonyl (C=O) groups excluding carboxylic acids is 2. The third-order valence-electron chi connectivity index (χ3n) is 3.64. The molecular weight excluding hydrogens is 368 g/mol. The summed E-state index contributed by atoms with van der Waals surface area (Å²) in [7, 11) is -3.55. The Morgan fingerprint density at radius 1 is 1.00 bits per heavy atom. The number of nitrogens with one attached hydrogen (secondary N) is 3. The molecule has 1 aromatic heterocycles. The lowest BCUT2D eigenvalue weighted by molar-refractivity contribution is -0.121. The third kappa shape index (κ3) is 6.46. The summed E-state index contributed by atoms with van der Waals surface area (Å²) in [5, 5.41) is 5.39. The van der Waals surface area contributed by atoms with Gasteiger partial charge in [0, 0.05) is 44.0 Å². The fraction of sp³-hybridized carbons (Fsp3) is 0.278. The molecule has 144 valence electrons. The van der Waals surface area contributed by atoms with Crippen LogP contribution in [0.4, 0.5) is 0 Å². The first-order valence-electron chi connectivity index (χ1n) is 8.46. The fourth-order valence-electron chi connectivity index (χ4n) is 2.24. The highest BCUT2D eigenvalue weighted by molar-refractivity contribution is 7.89. The second kappa shape index (κ2) is 9.79. The standard InChI is InChI=1S/C18H22N4O4S/c1-2-22-27(25,26)16-5-3-15(4-6-16)18(24)20-12-9-17(23)21-13-14-7-10-19-11-8-14/h3-8,10-11,22H,2,9,12-13H2,1H3,(H,20,24)(H,21,23). The summed E-state index contributed by atoms with van der Waals surface area (Å²) in [6.07, 6.45) is 3.44. The quantitative estimate of drug-likeness (QED) is 0.586. The lowest BCUT2D eigenvalue weighted by Crippen LogP contribution is -2.30. The van der Waals surface area contributed by atoms with Crippen LogP contribution >= 0.6 is 0 Å². The molecule has 0 aliphatic rings. The molecule has 2 aromatic rings. The number of rotatable bonds is 9. The van der Waals surface area contributed by atoms with Crippen molar-refractivity contribution in [3.63, 3.8) is 0 Å². The highest BCUT2D eigenvalue weighted by Gasteiger charge is 2.13. The van der Waals surface area contributed by atoms with Gasteiger partial charge in [0.05, 0.1) is 4.90 Å². The highest BCUT2D eigenvalue weighted by Crippen LogP contribution is 2.10. The van der Waals surface area contributed by atoms with Crippen LogP contribution in [-0.4, -0.2) is 38.3 Å². The summed E-state index contributed by atoms with van der Waals surface area (Å²) in [6.45, 7) is 2.55. The predicted octanol–water partition coefficient (Wildman–Crippen LogP) is 0.816. The Hall–Kier alpha value is -2.78. The van der Waals surface area contributed by atoms with E-state index in [1.165, 1.54) is 24.3 Å². The molecule has 0 atom stereocenters. The molecule has 0 unspecified atom stereocenters. The molecule has 0 bridgehead atoms. The van der Waals surface area contributed by atoms with Crippen LogP contribution in [-0.2, 0) is 21.4 Å². The summed E-state index contributed by atoms with van der Waals surface area (Å²) in [4.78, 5) is 27.9. The number of sulfonamides is 1. The highest BCUT2D eigenvalue weighted by atomic mass is 32.2. The van der Waals surface area contributed by atoms with Crippen LogP contribution in [0.15, 0.2) is 53.7 Å². The number of aromatic nitrogens is 1. The molecule has 0 saturated carbocycles. The molecule has 9 heteroatoms. The second-order valence-corrected chi connectivity index (χ2v) is 7.43. The monoisotopic (exact) mass is 390 g/mol. The van der Waals surface area contributed by atoms with Crippen molar-refractivity contribution < 1.29 is 18.0 Å². The topological polar surface area (TPSA) is 117 Å². The summed E-state index contributed by atoms with van der Waals surface area (Å²) in [6, 6.07) is 9.22. The normalized spacial score (nSPS) is 11.0. The van der Waals surface area contributed by atoms with Crippen molar-refractivity contribution in [3.8, 4) is 0 Å². The molecule has 0 spiro atoms. The predicted molar refractivity (Wildman–Crippen MR) is 100 cm³/mol. The van der Waals surface area contributed by atoms with Gasteiger partial charge in [-0.3, -0.25) is 14.6 Å². The fourth-order valence-corrected chi connectivity index (χ4v) is 3.28. The number of hydrogen-bond acceptors (Lipinski definition) is 5. The number of hydrogen-bond donors (Lipinski definition) is 3. The zero-order valence-electron chi connectivity index (χ0n) is 14.9. The summed E-state index contributed by atoms with van der Waals surface area (Å²) >= 11 is 0. The minimum absolute atomic E-state index is 0.0939. The van der Waals surface area contributed by atoms with Crippen LogP contribution < -0.4 is 15.4 Å². The van der Waals surface area contributed by atoms with Crippen LogP contribution in [0.3, 0.4) is 0 Å². The molecule has 27 heavy (non-hydrogen) atoms. The Bertz CT molecular complexity index is 868. The van der Waals surface area contributed by atoms with Crippen LogP contribution in [0.1, 0.15) is 29.3 Å². The van der Waals surface area contributed by atoms with Crippen molar-refractivity contribution in [1.82, 2.24) is 20.3 Å². The van der Waals surface area contributed by atoms with Crippen LogP contribution in [0.2, 0.25) is 0 Å². The van der Waals surface area contributed by atoms with Gasteiger partial charge < -0.3 is 10.6 Å². The largest absolute Gasteiger partial charge is 0.352 e. The van der Waals surface area contributed by atoms with E-state index >= 15 is 0 Å². The van der Waals surface area contributed by atoms with Crippen molar-refractivity contribution in [1.29, 1.82) is 0 Å². The number of pyridine rings is 1. The molecule has 0 aliphatic heterocycles. The Kier molecular flexibility index (Phi) is 7.44. The second-order valence-electron chi connectivity index (χ2n) is 5.66. The van der Waals surface area contributed by atoms with Crippen molar-refractivity contribution in [2.45, 2.75) is 24.8 Å². The van der Waals surface area contributed by atoms with Gasteiger partial charge >= 0.3 is 0 Å². The number of amides is 2. The van der Waals surface area contributed by atoms with Gasteiger partial charge in [0.2, 0.25) is 15.9 Å². The maximum absolute atomic E-state index is 12.1. The summed E-state index contributed by atoms with van der Waals surface area (Å²) in [5.74, 6) is -0.552. The number of benzene rings is 1. The van der Waals surface area contributed by atoms with E-state index in [0.717, 1.165) is 5.56 Å². The van der Waals surface area contributed by atoms with E-state index in [2.05, 4.69) is 20.3 Å². The molecule has 2 rings (SSSR count). The molecule has 1 heterocycles. The van der Waals surface area contributed by atoms with E-state index in [4.69, 9.17) is 0 Å². The van der Waals surface area contributed by atoms with E-state index in [1.54, 1.807) is 19.3 Å². The van der Waals surface area contributed by atoms with Crippen molar-refractivity contribution in [3.05, 3.63) is 59.9 Å². The van der Waals surface area contributed by atoms with Crippen LogP contribution in [0.5, 0.6) is 0 Å². The molecule has 3 N–H and O–H groups in total. The lowest BCUT2D eigenvalue weighted by Gasteiger charge is -2.08. The molecular formula is C18H22N4O4S. The Morgan fingerprint density at radius 2 is 1.67 bits per heavy atom. The van der Waals surface area contributed by atoms with E-state index in [1.807, 2.05) is 12.1 Å². The Morgan fingerprint density at radius 3 is 2.30 bits per heavy atom. The number of nitrogens with zero attached hydrogens (tertiary/aromatic N) is 1. The maximum atomic E-state index is 12.1. The van der Waals surface area contributed by atoms with Crippen molar-refractivity contribution in [2.24, 2.45) is 0 Å². The Balaban J connectivity index is 1.77. The summed E-state index contributed by atoms with van der Waals surface area (Å²) < 4.78 is 26.1. The Labute approximate surface area is 158 Å². The van der Waals surface area contributed by atoms with Crippen LogP contribution in [0, 0.1) is 0 Å². The molecule has 0 aliphatic carbocycles. The molecule has 0 saturated heterocycles. The SMILES string of the molecule is CCNS(=O)(=O)c1ccc(C(=O)NCCC(=O)NCc2ccncc2)cc1. The van der Waals surface area contributed by atoms with E-state index < -0.39 is 10.0 Å². The first kappa shape index (κ1) is 20.5. The van der Waals surface area contributed by atoms with Gasteiger partial charge in [-0.1, -0.05) is 6.92 Å². The van der Waals surface area contributed by atoms with Crippen molar-refractivity contribution in [2.75, 3.05) is 13.1 Å². The average molecular weight is 390 g/mol. The van der Waals surface area contributed by atoms with Crippen molar-refractivity contribution >= 4 is 21.8 Å². The first-order chi connectivity index (χ1) is 12.9. The lowest BCUT2D eigenvalue weighted by atomic mass is 10.2. The minimum Gasteiger partial charge on any atom is -0.352 e. The minimum atomic E-state index is -3.55. The average Bonchev–Trinajstić information content (AvgIpc) is 2.67. The van der Waals surface area contributed by atoms with Gasteiger partial charge in [-0.2, -0.15) is 0 Å². The molecule has 8 nitrogen and oxygen atoms in total. The van der Waals surface area contributed by atoms with Gasteiger partial charge in [0.25, 0.3) is 5.91 Å². The molecule has 1 aromatic carbocycles. The molecule has 0 fully saturated rings. The van der Waals surface area contributed by atoms with Gasteiger partial charge in [-0.25, -0.2) is 13.1 Å². The molecule has 2 amide bonds. The third-order valence-corrected chi connectivity index (χ3v) is 5.20. The van der Waals surface area contributed by atoms with Gasteiger partial charge in [-0.15, -0.1) is 0 Å². The smallest absolute Gasteiger partial charge is 0.251 e. The van der Waals surface area contributed by atoms with E-state index in [-0.39, 0.29) is 36.2 Å².